The highest BCUT2D eigenvalue weighted by Gasteiger charge is 2.33. The average Bonchev–Trinajstić information content (AvgIpc) is 3.14. The number of ether oxygens (including phenoxy) is 1. The van der Waals surface area contributed by atoms with Gasteiger partial charge in [0.1, 0.15) is 18.0 Å². The molecule has 0 saturated carbocycles. The summed E-state index contributed by atoms with van der Waals surface area (Å²) in [5, 5.41) is 10.4. The number of aromatic nitrogens is 3. The van der Waals surface area contributed by atoms with Gasteiger partial charge in [-0.3, -0.25) is 4.79 Å². The van der Waals surface area contributed by atoms with Crippen molar-refractivity contribution in [2.24, 2.45) is 5.92 Å². The highest BCUT2D eigenvalue weighted by Crippen LogP contribution is 2.29. The molecule has 2 heterocycles. The van der Waals surface area contributed by atoms with E-state index in [-0.39, 0.29) is 23.6 Å². The van der Waals surface area contributed by atoms with E-state index in [1.54, 1.807) is 7.11 Å². The van der Waals surface area contributed by atoms with Crippen LogP contribution in [0.15, 0.2) is 42.7 Å². The first kappa shape index (κ1) is 22.7. The number of nitrogens with one attached hydrogen (secondary N) is 2. The molecule has 33 heavy (non-hydrogen) atoms. The summed E-state index contributed by atoms with van der Waals surface area (Å²) in [7, 11) is 1.61. The lowest BCUT2D eigenvalue weighted by Crippen LogP contribution is -2.55. The Labute approximate surface area is 190 Å². The van der Waals surface area contributed by atoms with E-state index >= 15 is 0 Å². The molecule has 8 nitrogen and oxygen atoms in total. The molecule has 0 spiro atoms. The maximum atomic E-state index is 13.5. The lowest BCUT2D eigenvalue weighted by atomic mass is 9.97. The van der Waals surface area contributed by atoms with Gasteiger partial charge in [-0.2, -0.15) is 4.98 Å². The topological polar surface area (TPSA) is 84.3 Å². The number of carbonyl (C=O) groups excluding carboxylic acids is 1. The van der Waals surface area contributed by atoms with E-state index in [0.29, 0.717) is 25.6 Å². The van der Waals surface area contributed by atoms with Crippen LogP contribution in [0.3, 0.4) is 0 Å². The maximum absolute atomic E-state index is 13.5. The van der Waals surface area contributed by atoms with Crippen molar-refractivity contribution in [1.29, 1.82) is 0 Å². The quantitative estimate of drug-likeness (QED) is 0.542. The Morgan fingerprint density at radius 2 is 1.88 bits per heavy atom. The fraction of sp³-hybridized carbons (Fsp3) is 0.348. The third kappa shape index (κ3) is 5.46. The van der Waals surface area contributed by atoms with Gasteiger partial charge < -0.3 is 20.3 Å². The minimum Gasteiger partial charge on any atom is -0.383 e. The van der Waals surface area contributed by atoms with Gasteiger partial charge in [-0.25, -0.2) is 13.5 Å². The number of amides is 1. The van der Waals surface area contributed by atoms with Crippen LogP contribution in [-0.4, -0.2) is 53.5 Å². The highest BCUT2D eigenvalue weighted by atomic mass is 19.1. The number of carbonyl (C=O) groups is 1. The lowest BCUT2D eigenvalue weighted by molar-refractivity contribution is -0.126. The molecular formula is C23H26F2N6O2. The second-order valence-corrected chi connectivity index (χ2v) is 8.29. The first-order chi connectivity index (χ1) is 15.8. The Hall–Kier alpha value is -3.53. The number of anilines is 3. The van der Waals surface area contributed by atoms with Crippen molar-refractivity contribution in [1.82, 2.24) is 20.1 Å². The van der Waals surface area contributed by atoms with Crippen LogP contribution in [0, 0.1) is 24.5 Å². The molecule has 1 fully saturated rings. The van der Waals surface area contributed by atoms with Crippen molar-refractivity contribution in [3.8, 4) is 5.69 Å². The summed E-state index contributed by atoms with van der Waals surface area (Å²) < 4.78 is 33.3. The van der Waals surface area contributed by atoms with E-state index in [1.165, 1.54) is 23.1 Å². The molecule has 1 aliphatic heterocycles. The number of halogens is 2. The number of benzene rings is 2. The average molecular weight is 456 g/mol. The Kier molecular flexibility index (Phi) is 6.55. The number of methoxy groups -OCH3 is 1. The van der Waals surface area contributed by atoms with Gasteiger partial charge in [0.2, 0.25) is 11.9 Å². The second kappa shape index (κ2) is 9.53. The van der Waals surface area contributed by atoms with Gasteiger partial charge in [-0.15, -0.1) is 5.10 Å². The molecule has 1 amide bonds. The lowest BCUT2D eigenvalue weighted by Gasteiger charge is -2.40. The molecule has 2 N–H and O–H groups in total. The van der Waals surface area contributed by atoms with Crippen LogP contribution in [0.1, 0.15) is 12.5 Å². The van der Waals surface area contributed by atoms with E-state index in [4.69, 9.17) is 4.74 Å². The Bertz CT molecular complexity index is 1130. The molecule has 1 atom stereocenters. The largest absolute Gasteiger partial charge is 0.383 e. The van der Waals surface area contributed by atoms with Crippen molar-refractivity contribution in [3.05, 3.63) is 59.9 Å². The van der Waals surface area contributed by atoms with Gasteiger partial charge in [0.25, 0.3) is 0 Å². The van der Waals surface area contributed by atoms with Crippen LogP contribution in [-0.2, 0) is 9.53 Å². The molecule has 0 radical (unpaired) electrons. The number of hydrogen-bond acceptors (Lipinski definition) is 6. The van der Waals surface area contributed by atoms with Crippen LogP contribution in [0.2, 0.25) is 0 Å². The molecule has 10 heteroatoms. The zero-order valence-corrected chi connectivity index (χ0v) is 18.7. The smallest absolute Gasteiger partial charge is 0.246 e. The van der Waals surface area contributed by atoms with Crippen LogP contribution in [0.5, 0.6) is 0 Å². The maximum Gasteiger partial charge on any atom is 0.246 e. The summed E-state index contributed by atoms with van der Waals surface area (Å²) in [6.45, 7) is 5.63. The summed E-state index contributed by atoms with van der Waals surface area (Å²) in [6, 6.07) is 9.09. The minimum atomic E-state index is -0.687. The van der Waals surface area contributed by atoms with Gasteiger partial charge in [-0.1, -0.05) is 0 Å². The summed E-state index contributed by atoms with van der Waals surface area (Å²) in [6.07, 6.45) is 1.39. The summed E-state index contributed by atoms with van der Waals surface area (Å²) in [5.74, 6) is -1.11. The van der Waals surface area contributed by atoms with Crippen molar-refractivity contribution < 1.29 is 18.3 Å². The van der Waals surface area contributed by atoms with Gasteiger partial charge in [0.15, 0.2) is 0 Å². The zero-order valence-electron chi connectivity index (χ0n) is 18.7. The Morgan fingerprint density at radius 3 is 2.58 bits per heavy atom. The minimum absolute atomic E-state index is 0.0255. The predicted octanol–water partition coefficient (Wildman–Crippen LogP) is 3.18. The monoisotopic (exact) mass is 456 g/mol. The number of hydrogen-bond donors (Lipinski definition) is 2. The van der Waals surface area contributed by atoms with E-state index in [1.807, 2.05) is 26.0 Å². The molecule has 3 aromatic rings. The molecule has 1 aromatic heterocycles. The van der Waals surface area contributed by atoms with Crippen LogP contribution >= 0.6 is 0 Å². The van der Waals surface area contributed by atoms with Gasteiger partial charge in [0.05, 0.1) is 18.2 Å². The third-order valence-electron chi connectivity index (χ3n) is 5.34. The first-order valence-corrected chi connectivity index (χ1v) is 10.6. The molecule has 1 saturated heterocycles. The molecule has 1 aliphatic rings. The van der Waals surface area contributed by atoms with Crippen LogP contribution in [0.25, 0.3) is 5.69 Å². The standard InChI is InChI=1S/C23H26F2N6O2/c1-14-4-19(28-23-26-13-31(29-23)21-7-17(24)6-18(25)8-21)9-20(5-14)30-10-16(11-30)22(32)27-15(2)12-33-3/h4-9,13,15-16H,10-12H2,1-3H3,(H,27,32)(H,28,29)/t15-/m0/s1. The van der Waals surface area contributed by atoms with Gasteiger partial charge >= 0.3 is 0 Å². The summed E-state index contributed by atoms with van der Waals surface area (Å²) >= 11 is 0. The normalized spacial score (nSPS) is 14.6. The fourth-order valence-corrected chi connectivity index (χ4v) is 3.77. The molecule has 0 aliphatic carbocycles. The summed E-state index contributed by atoms with van der Waals surface area (Å²) in [5.41, 5.74) is 3.03. The van der Waals surface area contributed by atoms with Gasteiger partial charge in [0, 0.05) is 43.7 Å². The molecule has 4 rings (SSSR count). The number of rotatable bonds is 8. The van der Waals surface area contributed by atoms with Gasteiger partial charge in [-0.05, 0) is 49.7 Å². The van der Waals surface area contributed by atoms with Crippen molar-refractivity contribution in [2.45, 2.75) is 19.9 Å². The van der Waals surface area contributed by atoms with E-state index in [2.05, 4.69) is 31.7 Å². The third-order valence-corrected chi connectivity index (χ3v) is 5.34. The molecule has 0 bridgehead atoms. The van der Waals surface area contributed by atoms with Crippen molar-refractivity contribution in [3.63, 3.8) is 0 Å². The first-order valence-electron chi connectivity index (χ1n) is 10.6. The predicted molar refractivity (Wildman–Crippen MR) is 121 cm³/mol. The highest BCUT2D eigenvalue weighted by molar-refractivity contribution is 5.82. The number of aryl methyl sites for hydroxylation is 1. The van der Waals surface area contributed by atoms with E-state index in [9.17, 15) is 13.6 Å². The van der Waals surface area contributed by atoms with Crippen LogP contribution < -0.4 is 15.5 Å². The molecule has 0 unspecified atom stereocenters. The van der Waals surface area contributed by atoms with Crippen molar-refractivity contribution >= 4 is 23.2 Å². The molecule has 2 aromatic carbocycles. The molecular weight excluding hydrogens is 430 g/mol. The van der Waals surface area contributed by atoms with Crippen molar-refractivity contribution in [2.75, 3.05) is 37.0 Å². The van der Waals surface area contributed by atoms with E-state index < -0.39 is 11.6 Å². The van der Waals surface area contributed by atoms with Crippen LogP contribution in [0.4, 0.5) is 26.1 Å². The summed E-state index contributed by atoms with van der Waals surface area (Å²) in [4.78, 5) is 18.7. The fourth-order valence-electron chi connectivity index (χ4n) is 3.77. The SMILES string of the molecule is COC[C@H](C)NC(=O)C1CN(c2cc(C)cc(Nc3ncn(-c4cc(F)cc(F)c4)n3)c2)C1. The second-order valence-electron chi connectivity index (χ2n) is 8.29. The Balaban J connectivity index is 1.41. The molecule has 174 valence electrons. The Morgan fingerprint density at radius 1 is 1.15 bits per heavy atom. The number of nitrogens with zero attached hydrogens (tertiary/aromatic N) is 4. The zero-order chi connectivity index (χ0) is 23.5. The van der Waals surface area contributed by atoms with E-state index in [0.717, 1.165) is 23.0 Å².